The summed E-state index contributed by atoms with van der Waals surface area (Å²) in [6.07, 6.45) is 6.23. The summed E-state index contributed by atoms with van der Waals surface area (Å²) < 4.78 is 9.70. The number of anilines is 1. The summed E-state index contributed by atoms with van der Waals surface area (Å²) in [5, 5.41) is 9.25. The second kappa shape index (κ2) is 9.81. The van der Waals surface area contributed by atoms with Crippen LogP contribution < -0.4 is 10.6 Å². The van der Waals surface area contributed by atoms with Crippen LogP contribution in [0.1, 0.15) is 65.4 Å². The van der Waals surface area contributed by atoms with Gasteiger partial charge in [-0.3, -0.25) is 9.59 Å². The molecule has 3 rings (SSSR count). The van der Waals surface area contributed by atoms with Gasteiger partial charge in [-0.15, -0.1) is 0 Å². The minimum absolute atomic E-state index is 0.0871. The smallest absolute Gasteiger partial charge is 0.339 e. The summed E-state index contributed by atoms with van der Waals surface area (Å²) in [6.45, 7) is 0. The number of rotatable bonds is 6. The molecule has 154 valence electrons. The average Bonchev–Trinajstić information content (AvgIpc) is 3.03. The van der Waals surface area contributed by atoms with Gasteiger partial charge in [-0.05, 0) is 25.0 Å². The van der Waals surface area contributed by atoms with Crippen molar-refractivity contribution in [2.45, 2.75) is 51.0 Å². The Morgan fingerprint density at radius 2 is 1.86 bits per heavy atom. The number of benzene rings is 1. The van der Waals surface area contributed by atoms with Crippen molar-refractivity contribution in [3.8, 4) is 0 Å². The van der Waals surface area contributed by atoms with Crippen LogP contribution in [0.5, 0.6) is 0 Å². The van der Waals surface area contributed by atoms with Crippen molar-refractivity contribution in [3.63, 3.8) is 0 Å². The van der Waals surface area contributed by atoms with Crippen molar-refractivity contribution in [1.82, 2.24) is 15.5 Å². The summed E-state index contributed by atoms with van der Waals surface area (Å²) in [6, 6.07) is 6.60. The average molecular weight is 400 g/mol. The zero-order valence-electron chi connectivity index (χ0n) is 16.3. The number of hydrogen-bond acceptors (Lipinski definition) is 7. The Hall–Kier alpha value is -3.23. The van der Waals surface area contributed by atoms with Crippen molar-refractivity contribution in [2.24, 2.45) is 0 Å². The number of ether oxygens (including phenoxy) is 1. The lowest BCUT2D eigenvalue weighted by Crippen LogP contribution is -2.34. The lowest BCUT2D eigenvalue weighted by molar-refractivity contribution is -0.115. The highest BCUT2D eigenvalue weighted by Gasteiger charge is 2.21. The Labute approximate surface area is 168 Å². The Balaban J connectivity index is 1.58. The summed E-state index contributed by atoms with van der Waals surface area (Å²) in [5.41, 5.74) is 0.555. The van der Waals surface area contributed by atoms with E-state index < -0.39 is 17.8 Å². The number of esters is 1. The van der Waals surface area contributed by atoms with Gasteiger partial charge in [0.2, 0.25) is 5.91 Å². The molecule has 1 saturated carbocycles. The first kappa shape index (κ1) is 20.5. The molecule has 1 aliphatic carbocycles. The number of carbonyl (C=O) groups is 3. The molecule has 0 radical (unpaired) electrons. The molecule has 0 bridgehead atoms. The zero-order valence-corrected chi connectivity index (χ0v) is 16.3. The van der Waals surface area contributed by atoms with Crippen molar-refractivity contribution in [1.29, 1.82) is 0 Å². The van der Waals surface area contributed by atoms with Crippen LogP contribution in [-0.4, -0.2) is 41.1 Å². The van der Waals surface area contributed by atoms with Crippen LogP contribution >= 0.6 is 0 Å². The minimum Gasteiger partial charge on any atom is -0.465 e. The molecule has 1 aromatic heterocycles. The second-order valence-electron chi connectivity index (χ2n) is 6.94. The molecule has 9 heteroatoms. The van der Waals surface area contributed by atoms with E-state index in [1.807, 2.05) is 0 Å². The second-order valence-corrected chi connectivity index (χ2v) is 6.94. The van der Waals surface area contributed by atoms with Crippen LogP contribution in [0.4, 0.5) is 5.69 Å². The Morgan fingerprint density at radius 1 is 1.14 bits per heavy atom. The standard InChI is InChI=1S/C20H24N4O5/c1-28-20(27)14-10-6-7-11-15(14)22-17(25)12-16-23-19(29-24-16)18(26)21-13-8-4-2-3-5-9-13/h6-7,10-11,13H,2-5,8-9,12H2,1H3,(H,21,26)(H,22,25). The van der Waals surface area contributed by atoms with Crippen LogP contribution in [0.15, 0.2) is 28.8 Å². The first-order valence-electron chi connectivity index (χ1n) is 9.67. The molecule has 0 unspecified atom stereocenters. The van der Waals surface area contributed by atoms with Gasteiger partial charge >= 0.3 is 17.8 Å². The fourth-order valence-corrected chi connectivity index (χ4v) is 3.31. The summed E-state index contributed by atoms with van der Waals surface area (Å²) in [5.74, 6) is -1.50. The van der Waals surface area contributed by atoms with E-state index in [-0.39, 0.29) is 29.7 Å². The summed E-state index contributed by atoms with van der Waals surface area (Å²) in [4.78, 5) is 40.4. The van der Waals surface area contributed by atoms with E-state index in [2.05, 4.69) is 20.8 Å². The van der Waals surface area contributed by atoms with Crippen LogP contribution in [0.3, 0.4) is 0 Å². The molecule has 2 amide bonds. The third-order valence-electron chi connectivity index (χ3n) is 4.78. The molecule has 2 N–H and O–H groups in total. The Morgan fingerprint density at radius 3 is 2.59 bits per heavy atom. The maximum absolute atomic E-state index is 12.3. The zero-order chi connectivity index (χ0) is 20.6. The largest absolute Gasteiger partial charge is 0.465 e. The predicted molar refractivity (Wildman–Crippen MR) is 103 cm³/mol. The highest BCUT2D eigenvalue weighted by molar-refractivity contribution is 6.01. The van der Waals surface area contributed by atoms with Gasteiger partial charge in [0.25, 0.3) is 0 Å². The number of amides is 2. The molecule has 9 nitrogen and oxygen atoms in total. The van der Waals surface area contributed by atoms with Crippen LogP contribution in [-0.2, 0) is 16.0 Å². The minimum atomic E-state index is -0.557. The topological polar surface area (TPSA) is 123 Å². The fraction of sp³-hybridized carbons (Fsp3) is 0.450. The molecule has 1 aliphatic rings. The summed E-state index contributed by atoms with van der Waals surface area (Å²) in [7, 11) is 1.27. The number of carbonyl (C=O) groups excluding carboxylic acids is 3. The Bertz CT molecular complexity index is 871. The maximum atomic E-state index is 12.3. The van der Waals surface area contributed by atoms with E-state index in [0.717, 1.165) is 25.7 Å². The lowest BCUT2D eigenvalue weighted by atomic mass is 10.1. The third-order valence-corrected chi connectivity index (χ3v) is 4.78. The number of nitrogens with zero attached hydrogens (tertiary/aromatic N) is 2. The van der Waals surface area contributed by atoms with Gasteiger partial charge in [0.1, 0.15) is 0 Å². The van der Waals surface area contributed by atoms with Gasteiger partial charge in [-0.1, -0.05) is 43.0 Å². The van der Waals surface area contributed by atoms with Gasteiger partial charge in [0.15, 0.2) is 5.82 Å². The molecule has 1 heterocycles. The van der Waals surface area contributed by atoms with Crippen molar-refractivity contribution >= 4 is 23.5 Å². The number of hydrogen-bond donors (Lipinski definition) is 2. The maximum Gasteiger partial charge on any atom is 0.339 e. The molecular weight excluding hydrogens is 376 g/mol. The van der Waals surface area contributed by atoms with E-state index in [1.54, 1.807) is 24.3 Å². The normalized spacial score (nSPS) is 14.7. The third kappa shape index (κ3) is 5.63. The molecule has 29 heavy (non-hydrogen) atoms. The van der Waals surface area contributed by atoms with E-state index in [4.69, 9.17) is 9.26 Å². The molecular formula is C20H24N4O5. The van der Waals surface area contributed by atoms with Crippen LogP contribution in [0.25, 0.3) is 0 Å². The molecule has 0 atom stereocenters. The van der Waals surface area contributed by atoms with Gasteiger partial charge < -0.3 is 19.9 Å². The first-order chi connectivity index (χ1) is 14.1. The van der Waals surface area contributed by atoms with Crippen molar-refractivity contribution < 1.29 is 23.6 Å². The molecule has 1 fully saturated rings. The summed E-state index contributed by atoms with van der Waals surface area (Å²) >= 11 is 0. The molecule has 0 aliphatic heterocycles. The van der Waals surface area contributed by atoms with Crippen LogP contribution in [0, 0.1) is 0 Å². The number of aromatic nitrogens is 2. The molecule has 1 aromatic carbocycles. The van der Waals surface area contributed by atoms with E-state index in [0.29, 0.717) is 5.69 Å². The van der Waals surface area contributed by atoms with E-state index in [9.17, 15) is 14.4 Å². The quantitative estimate of drug-likeness (QED) is 0.564. The van der Waals surface area contributed by atoms with Gasteiger partial charge in [0.05, 0.1) is 24.8 Å². The Kier molecular flexibility index (Phi) is 6.94. The number of para-hydroxylation sites is 1. The van der Waals surface area contributed by atoms with E-state index in [1.165, 1.54) is 20.0 Å². The SMILES string of the molecule is COC(=O)c1ccccc1NC(=O)Cc1noc(C(=O)NC2CCCCCC2)n1. The highest BCUT2D eigenvalue weighted by atomic mass is 16.5. The predicted octanol–water partition coefficient (Wildman–Crippen LogP) is 2.49. The number of methoxy groups -OCH3 is 1. The van der Waals surface area contributed by atoms with Crippen molar-refractivity contribution in [3.05, 3.63) is 41.5 Å². The van der Waals surface area contributed by atoms with Crippen LogP contribution in [0.2, 0.25) is 0 Å². The highest BCUT2D eigenvalue weighted by Crippen LogP contribution is 2.18. The lowest BCUT2D eigenvalue weighted by Gasteiger charge is -2.14. The fourth-order valence-electron chi connectivity index (χ4n) is 3.31. The molecule has 0 saturated heterocycles. The molecule has 2 aromatic rings. The van der Waals surface area contributed by atoms with Gasteiger partial charge in [0, 0.05) is 6.04 Å². The molecule has 0 spiro atoms. The van der Waals surface area contributed by atoms with Crippen molar-refractivity contribution in [2.75, 3.05) is 12.4 Å². The number of nitrogens with one attached hydrogen (secondary N) is 2. The van der Waals surface area contributed by atoms with Gasteiger partial charge in [-0.25, -0.2) is 4.79 Å². The monoisotopic (exact) mass is 400 g/mol. The first-order valence-corrected chi connectivity index (χ1v) is 9.67. The van der Waals surface area contributed by atoms with Gasteiger partial charge in [-0.2, -0.15) is 4.98 Å². The van der Waals surface area contributed by atoms with E-state index >= 15 is 0 Å².